The molecule has 0 atom stereocenters. The molecule has 26 heavy (non-hydrogen) atoms. The van der Waals surface area contributed by atoms with Crippen LogP contribution in [-0.4, -0.2) is 37.1 Å². The zero-order valence-corrected chi connectivity index (χ0v) is 15.2. The maximum absolute atomic E-state index is 11.8. The molecule has 0 unspecified atom stereocenters. The summed E-state index contributed by atoms with van der Waals surface area (Å²) in [7, 11) is 4.68. The van der Waals surface area contributed by atoms with Crippen LogP contribution in [-0.2, 0) is 11.3 Å². The van der Waals surface area contributed by atoms with Gasteiger partial charge < -0.3 is 14.2 Å². The number of hydrogen-bond donors (Lipinski definition) is 0. The largest absolute Gasteiger partial charge is 0.493 e. The molecule has 0 fully saturated rings. The van der Waals surface area contributed by atoms with E-state index in [1.165, 1.54) is 0 Å². The third-order valence-electron chi connectivity index (χ3n) is 4.15. The summed E-state index contributed by atoms with van der Waals surface area (Å²) in [4.78, 5) is 18.0. The Bertz CT molecular complexity index is 911. The molecule has 0 aliphatic heterocycles. The molecule has 7 nitrogen and oxygen atoms in total. The van der Waals surface area contributed by atoms with E-state index in [1.807, 2.05) is 47.9 Å². The maximum Gasteiger partial charge on any atom is 0.215 e. The number of amides is 1. The molecule has 1 aromatic carbocycles. The van der Waals surface area contributed by atoms with Crippen LogP contribution in [0.2, 0.25) is 0 Å². The Morgan fingerprint density at radius 2 is 1.81 bits per heavy atom. The normalized spacial score (nSPS) is 10.6. The van der Waals surface area contributed by atoms with Crippen molar-refractivity contribution in [2.45, 2.75) is 13.5 Å². The van der Waals surface area contributed by atoms with Crippen molar-refractivity contribution in [2.75, 3.05) is 26.2 Å². The molecule has 3 rings (SSSR count). The van der Waals surface area contributed by atoms with Crippen molar-refractivity contribution >= 4 is 17.9 Å². The monoisotopic (exact) mass is 355 g/mol. The Kier molecular flexibility index (Phi) is 4.97. The SMILES string of the molecule is COc1cc(CN(C=O)c2c(C)nc3ccccn23)cc(OC)c1OC. The third-order valence-corrected chi connectivity index (χ3v) is 4.15. The Labute approximate surface area is 151 Å². The Hall–Kier alpha value is -3.22. The summed E-state index contributed by atoms with van der Waals surface area (Å²) < 4.78 is 18.0. The molecular formula is C19H21N3O4. The minimum atomic E-state index is 0.337. The molecule has 2 heterocycles. The number of aromatic nitrogens is 2. The number of rotatable bonds is 7. The predicted molar refractivity (Wildman–Crippen MR) is 98.3 cm³/mol. The Balaban J connectivity index is 2.03. The number of hydrogen-bond acceptors (Lipinski definition) is 5. The number of nitrogens with zero attached hydrogens (tertiary/aromatic N) is 3. The fourth-order valence-electron chi connectivity index (χ4n) is 3.03. The topological polar surface area (TPSA) is 65.3 Å². The van der Waals surface area contributed by atoms with E-state index in [4.69, 9.17) is 14.2 Å². The Morgan fingerprint density at radius 3 is 2.38 bits per heavy atom. The second kappa shape index (κ2) is 7.35. The van der Waals surface area contributed by atoms with Crippen molar-refractivity contribution < 1.29 is 19.0 Å². The van der Waals surface area contributed by atoms with Crippen molar-refractivity contribution in [3.8, 4) is 17.2 Å². The van der Waals surface area contributed by atoms with Gasteiger partial charge in [0.15, 0.2) is 11.5 Å². The lowest BCUT2D eigenvalue weighted by Gasteiger charge is -2.20. The summed E-state index contributed by atoms with van der Waals surface area (Å²) in [5, 5.41) is 0. The summed E-state index contributed by atoms with van der Waals surface area (Å²) in [6.07, 6.45) is 2.68. The molecule has 0 saturated heterocycles. The maximum atomic E-state index is 11.8. The van der Waals surface area contributed by atoms with Gasteiger partial charge in [-0.2, -0.15) is 0 Å². The van der Waals surface area contributed by atoms with E-state index in [2.05, 4.69) is 4.98 Å². The number of imidazole rings is 1. The van der Waals surface area contributed by atoms with Gasteiger partial charge in [-0.25, -0.2) is 4.98 Å². The molecule has 0 spiro atoms. The number of benzene rings is 1. The summed E-state index contributed by atoms with van der Waals surface area (Å²) in [6.45, 7) is 2.22. The van der Waals surface area contributed by atoms with Crippen LogP contribution in [0.4, 0.5) is 5.82 Å². The van der Waals surface area contributed by atoms with Crippen LogP contribution in [0.3, 0.4) is 0 Å². The minimum absolute atomic E-state index is 0.337. The lowest BCUT2D eigenvalue weighted by Crippen LogP contribution is -2.22. The summed E-state index contributed by atoms with van der Waals surface area (Å²) in [6, 6.07) is 9.38. The highest BCUT2D eigenvalue weighted by Gasteiger charge is 2.19. The highest BCUT2D eigenvalue weighted by atomic mass is 16.5. The van der Waals surface area contributed by atoms with Gasteiger partial charge in [-0.3, -0.25) is 14.1 Å². The molecule has 0 aliphatic rings. The van der Waals surface area contributed by atoms with Gasteiger partial charge in [-0.15, -0.1) is 0 Å². The number of aryl methyl sites for hydroxylation is 1. The van der Waals surface area contributed by atoms with Gasteiger partial charge in [0.2, 0.25) is 12.2 Å². The molecular weight excluding hydrogens is 334 g/mol. The van der Waals surface area contributed by atoms with Crippen LogP contribution in [0, 0.1) is 6.92 Å². The summed E-state index contributed by atoms with van der Waals surface area (Å²) >= 11 is 0. The molecule has 0 N–H and O–H groups in total. The Morgan fingerprint density at radius 1 is 1.12 bits per heavy atom. The lowest BCUT2D eigenvalue weighted by atomic mass is 10.1. The van der Waals surface area contributed by atoms with Gasteiger partial charge in [0.1, 0.15) is 11.5 Å². The predicted octanol–water partition coefficient (Wildman–Crippen LogP) is 2.83. The van der Waals surface area contributed by atoms with Crippen molar-refractivity contribution in [1.29, 1.82) is 0 Å². The van der Waals surface area contributed by atoms with Crippen LogP contribution < -0.4 is 19.1 Å². The quantitative estimate of drug-likeness (QED) is 0.610. The number of carbonyl (C=O) groups excluding carboxylic acids is 1. The lowest BCUT2D eigenvalue weighted by molar-refractivity contribution is -0.107. The van der Waals surface area contributed by atoms with Crippen LogP contribution in [0.5, 0.6) is 17.2 Å². The van der Waals surface area contributed by atoms with Crippen molar-refractivity contribution in [2.24, 2.45) is 0 Å². The van der Waals surface area contributed by atoms with Crippen LogP contribution >= 0.6 is 0 Å². The van der Waals surface area contributed by atoms with Crippen molar-refractivity contribution in [3.63, 3.8) is 0 Å². The number of ether oxygens (including phenoxy) is 3. The second-order valence-corrected chi connectivity index (χ2v) is 5.72. The first-order valence-corrected chi connectivity index (χ1v) is 8.07. The fraction of sp³-hybridized carbons (Fsp3) is 0.263. The van der Waals surface area contributed by atoms with E-state index in [0.717, 1.165) is 29.1 Å². The summed E-state index contributed by atoms with van der Waals surface area (Å²) in [5.41, 5.74) is 2.41. The number of carbonyl (C=O) groups is 1. The molecule has 7 heteroatoms. The van der Waals surface area contributed by atoms with E-state index < -0.39 is 0 Å². The first-order chi connectivity index (χ1) is 12.6. The molecule has 136 valence electrons. The van der Waals surface area contributed by atoms with Crippen molar-refractivity contribution in [1.82, 2.24) is 9.38 Å². The molecule has 1 amide bonds. The van der Waals surface area contributed by atoms with Gasteiger partial charge in [-0.05, 0) is 36.8 Å². The van der Waals surface area contributed by atoms with Gasteiger partial charge in [0.05, 0.1) is 33.6 Å². The van der Waals surface area contributed by atoms with Gasteiger partial charge in [0, 0.05) is 6.20 Å². The average Bonchev–Trinajstić information content (AvgIpc) is 3.00. The van der Waals surface area contributed by atoms with E-state index in [9.17, 15) is 4.79 Å². The zero-order chi connectivity index (χ0) is 18.7. The number of methoxy groups -OCH3 is 3. The first kappa shape index (κ1) is 17.6. The standard InChI is InChI=1S/C19H21N3O4/c1-13-19(22-8-6-5-7-17(22)20-13)21(12-23)11-14-9-15(24-2)18(26-4)16(10-14)25-3/h5-10,12H,11H2,1-4H3. The third kappa shape index (κ3) is 3.03. The molecule has 2 aromatic heterocycles. The first-order valence-electron chi connectivity index (χ1n) is 8.07. The molecule has 0 radical (unpaired) electrons. The van der Waals surface area contributed by atoms with E-state index in [-0.39, 0.29) is 0 Å². The van der Waals surface area contributed by atoms with Crippen LogP contribution in [0.25, 0.3) is 5.65 Å². The molecule has 0 saturated carbocycles. The fourth-order valence-corrected chi connectivity index (χ4v) is 3.03. The molecule has 3 aromatic rings. The van der Waals surface area contributed by atoms with Gasteiger partial charge in [0.25, 0.3) is 0 Å². The summed E-state index contributed by atoms with van der Waals surface area (Å²) in [5.74, 6) is 2.33. The van der Waals surface area contributed by atoms with E-state index in [0.29, 0.717) is 23.8 Å². The second-order valence-electron chi connectivity index (χ2n) is 5.72. The highest BCUT2D eigenvalue weighted by Crippen LogP contribution is 2.38. The smallest absolute Gasteiger partial charge is 0.215 e. The number of anilines is 1. The number of fused-ring (bicyclic) bond motifs is 1. The zero-order valence-electron chi connectivity index (χ0n) is 15.2. The van der Waals surface area contributed by atoms with Gasteiger partial charge >= 0.3 is 0 Å². The van der Waals surface area contributed by atoms with E-state index >= 15 is 0 Å². The number of pyridine rings is 1. The van der Waals surface area contributed by atoms with Crippen LogP contribution in [0.15, 0.2) is 36.5 Å². The van der Waals surface area contributed by atoms with E-state index in [1.54, 1.807) is 26.2 Å². The minimum Gasteiger partial charge on any atom is -0.493 e. The highest BCUT2D eigenvalue weighted by molar-refractivity contribution is 5.76. The van der Waals surface area contributed by atoms with Gasteiger partial charge in [-0.1, -0.05) is 6.07 Å². The van der Waals surface area contributed by atoms with Crippen LogP contribution in [0.1, 0.15) is 11.3 Å². The molecule has 0 aliphatic carbocycles. The van der Waals surface area contributed by atoms with Crippen molar-refractivity contribution in [3.05, 3.63) is 47.8 Å². The average molecular weight is 355 g/mol. The molecule has 0 bridgehead atoms.